The number of rotatable bonds is 7. The van der Waals surface area contributed by atoms with Crippen LogP contribution in [0.25, 0.3) is 0 Å². The molecule has 0 aromatic carbocycles. The normalized spacial score (nSPS) is 27.2. The van der Waals surface area contributed by atoms with E-state index in [9.17, 15) is 0 Å². The minimum absolute atomic E-state index is 0.826. The number of likely N-dealkylation sites (tertiary alicyclic amines) is 1. The van der Waals surface area contributed by atoms with Crippen LogP contribution in [-0.2, 0) is 0 Å². The fraction of sp³-hybridized carbons (Fsp3) is 1.00. The molecule has 94 valence electrons. The summed E-state index contributed by atoms with van der Waals surface area (Å²) < 4.78 is 0. The van der Waals surface area contributed by atoms with Gasteiger partial charge in [0.15, 0.2) is 0 Å². The summed E-state index contributed by atoms with van der Waals surface area (Å²) in [6, 6.07) is 1.69. The Kier molecular flexibility index (Phi) is 5.46. The van der Waals surface area contributed by atoms with Crippen molar-refractivity contribution in [2.45, 2.75) is 51.1 Å². The van der Waals surface area contributed by atoms with Crippen molar-refractivity contribution < 1.29 is 0 Å². The average Bonchev–Trinajstić information content (AvgIpc) is 3.12. The molecule has 1 saturated carbocycles. The van der Waals surface area contributed by atoms with Crippen LogP contribution in [0.1, 0.15) is 39.0 Å². The fourth-order valence-electron chi connectivity index (χ4n) is 2.50. The van der Waals surface area contributed by atoms with Gasteiger partial charge in [-0.25, -0.2) is 0 Å². The maximum atomic E-state index is 3.70. The Bertz CT molecular complexity index is 194. The third kappa shape index (κ3) is 4.27. The van der Waals surface area contributed by atoms with Gasteiger partial charge >= 0.3 is 0 Å². The second-order valence-corrected chi connectivity index (χ2v) is 6.46. The molecule has 0 bridgehead atoms. The Morgan fingerprint density at radius 3 is 2.88 bits per heavy atom. The van der Waals surface area contributed by atoms with Crippen molar-refractivity contribution in [3.05, 3.63) is 0 Å². The largest absolute Gasteiger partial charge is 0.312 e. The van der Waals surface area contributed by atoms with E-state index in [1.807, 2.05) is 0 Å². The summed E-state index contributed by atoms with van der Waals surface area (Å²) in [4.78, 5) is 2.72. The Morgan fingerprint density at radius 2 is 2.12 bits per heavy atom. The molecular formula is C13H26N2S. The molecule has 0 aromatic heterocycles. The van der Waals surface area contributed by atoms with Crippen molar-refractivity contribution in [3.63, 3.8) is 0 Å². The van der Waals surface area contributed by atoms with Gasteiger partial charge in [0.05, 0.1) is 0 Å². The van der Waals surface area contributed by atoms with Gasteiger partial charge in [-0.15, -0.1) is 0 Å². The van der Waals surface area contributed by atoms with Gasteiger partial charge in [-0.1, -0.05) is 13.3 Å². The first kappa shape index (κ1) is 12.7. The monoisotopic (exact) mass is 242 g/mol. The smallest absolute Gasteiger partial charge is 0.0221 e. The summed E-state index contributed by atoms with van der Waals surface area (Å²) in [7, 11) is 0. The highest BCUT2D eigenvalue weighted by atomic mass is 32.2. The van der Waals surface area contributed by atoms with Crippen molar-refractivity contribution in [2.24, 2.45) is 0 Å². The minimum Gasteiger partial charge on any atom is -0.312 e. The molecule has 3 heteroatoms. The number of thioether (sulfide) groups is 1. The zero-order valence-electron chi connectivity index (χ0n) is 10.6. The van der Waals surface area contributed by atoms with Gasteiger partial charge in [0, 0.05) is 30.9 Å². The van der Waals surface area contributed by atoms with Crippen molar-refractivity contribution in [3.8, 4) is 0 Å². The SMILES string of the molecule is CCSCCN1CCCCC1CNC1CC1. The Morgan fingerprint density at radius 1 is 1.25 bits per heavy atom. The highest BCUT2D eigenvalue weighted by molar-refractivity contribution is 7.99. The van der Waals surface area contributed by atoms with Crippen LogP contribution in [0.2, 0.25) is 0 Å². The molecule has 1 aliphatic carbocycles. The maximum Gasteiger partial charge on any atom is 0.0221 e. The van der Waals surface area contributed by atoms with Gasteiger partial charge in [0.1, 0.15) is 0 Å². The van der Waals surface area contributed by atoms with Crippen LogP contribution in [-0.4, -0.2) is 48.1 Å². The average molecular weight is 242 g/mol. The molecule has 0 aromatic rings. The predicted octanol–water partition coefficient (Wildman–Crippen LogP) is 2.35. The maximum absolute atomic E-state index is 3.70. The molecule has 1 heterocycles. The summed E-state index contributed by atoms with van der Waals surface area (Å²) in [6.07, 6.45) is 7.10. The van der Waals surface area contributed by atoms with Crippen molar-refractivity contribution in [1.82, 2.24) is 10.2 Å². The van der Waals surface area contributed by atoms with E-state index in [-0.39, 0.29) is 0 Å². The molecule has 1 aliphatic heterocycles. The number of hydrogen-bond acceptors (Lipinski definition) is 3. The van der Waals surface area contributed by atoms with Gasteiger partial charge in [-0.05, 0) is 38.0 Å². The van der Waals surface area contributed by atoms with Gasteiger partial charge in [0.25, 0.3) is 0 Å². The highest BCUT2D eigenvalue weighted by Gasteiger charge is 2.25. The quantitative estimate of drug-likeness (QED) is 0.690. The zero-order valence-corrected chi connectivity index (χ0v) is 11.4. The lowest BCUT2D eigenvalue weighted by Gasteiger charge is -2.35. The summed E-state index contributed by atoms with van der Waals surface area (Å²) in [5, 5.41) is 3.70. The van der Waals surface area contributed by atoms with Gasteiger partial charge in [-0.3, -0.25) is 4.90 Å². The molecule has 2 nitrogen and oxygen atoms in total. The van der Waals surface area contributed by atoms with Crippen molar-refractivity contribution >= 4 is 11.8 Å². The van der Waals surface area contributed by atoms with E-state index in [1.165, 1.54) is 63.2 Å². The zero-order chi connectivity index (χ0) is 11.2. The lowest BCUT2D eigenvalue weighted by atomic mass is 10.0. The van der Waals surface area contributed by atoms with E-state index in [2.05, 4.69) is 28.9 Å². The van der Waals surface area contributed by atoms with E-state index >= 15 is 0 Å². The van der Waals surface area contributed by atoms with Gasteiger partial charge in [0.2, 0.25) is 0 Å². The fourth-order valence-corrected chi connectivity index (χ4v) is 3.15. The lowest BCUT2D eigenvalue weighted by molar-refractivity contribution is 0.154. The first-order valence-corrected chi connectivity index (χ1v) is 8.11. The number of piperidine rings is 1. The third-order valence-corrected chi connectivity index (χ3v) is 4.58. The second-order valence-electron chi connectivity index (χ2n) is 5.07. The molecule has 0 amide bonds. The summed E-state index contributed by atoms with van der Waals surface area (Å²) >= 11 is 2.08. The molecule has 16 heavy (non-hydrogen) atoms. The van der Waals surface area contributed by atoms with Crippen LogP contribution in [0.4, 0.5) is 0 Å². The topological polar surface area (TPSA) is 15.3 Å². The first-order valence-electron chi connectivity index (χ1n) is 6.95. The number of nitrogens with one attached hydrogen (secondary N) is 1. The van der Waals surface area contributed by atoms with Crippen LogP contribution in [0.3, 0.4) is 0 Å². The van der Waals surface area contributed by atoms with Gasteiger partial charge < -0.3 is 5.32 Å². The number of hydrogen-bond donors (Lipinski definition) is 1. The van der Waals surface area contributed by atoms with E-state index in [0.29, 0.717) is 0 Å². The molecule has 2 fully saturated rings. The van der Waals surface area contributed by atoms with Crippen LogP contribution >= 0.6 is 11.8 Å². The Hall–Kier alpha value is 0.270. The summed E-state index contributed by atoms with van der Waals surface area (Å²) in [6.45, 7) is 6.13. The predicted molar refractivity (Wildman–Crippen MR) is 73.2 cm³/mol. The molecule has 1 saturated heterocycles. The Balaban J connectivity index is 1.67. The minimum atomic E-state index is 0.826. The molecule has 1 unspecified atom stereocenters. The molecule has 1 atom stereocenters. The Labute approximate surface area is 105 Å². The molecule has 0 spiro atoms. The van der Waals surface area contributed by atoms with E-state index in [4.69, 9.17) is 0 Å². The number of nitrogens with zero attached hydrogens (tertiary/aromatic N) is 1. The summed E-state index contributed by atoms with van der Waals surface area (Å²) in [5.74, 6) is 2.58. The first-order chi connectivity index (χ1) is 7.90. The van der Waals surface area contributed by atoms with Crippen LogP contribution in [0.15, 0.2) is 0 Å². The highest BCUT2D eigenvalue weighted by Crippen LogP contribution is 2.21. The van der Waals surface area contributed by atoms with Crippen LogP contribution < -0.4 is 5.32 Å². The molecule has 0 radical (unpaired) electrons. The second kappa shape index (κ2) is 6.87. The third-order valence-electron chi connectivity index (χ3n) is 3.70. The van der Waals surface area contributed by atoms with E-state index in [1.54, 1.807) is 0 Å². The van der Waals surface area contributed by atoms with Crippen molar-refractivity contribution in [2.75, 3.05) is 31.1 Å². The van der Waals surface area contributed by atoms with Crippen molar-refractivity contribution in [1.29, 1.82) is 0 Å². The van der Waals surface area contributed by atoms with Crippen LogP contribution in [0, 0.1) is 0 Å². The van der Waals surface area contributed by atoms with Gasteiger partial charge in [-0.2, -0.15) is 11.8 Å². The van der Waals surface area contributed by atoms with E-state index < -0.39 is 0 Å². The van der Waals surface area contributed by atoms with Crippen LogP contribution in [0.5, 0.6) is 0 Å². The molecular weight excluding hydrogens is 216 g/mol. The standard InChI is InChI=1S/C13H26N2S/c1-2-16-10-9-15-8-4-3-5-13(15)11-14-12-6-7-12/h12-14H,2-11H2,1H3. The van der Waals surface area contributed by atoms with E-state index in [0.717, 1.165) is 12.1 Å². The molecule has 2 rings (SSSR count). The molecule has 1 N–H and O–H groups in total. The molecule has 2 aliphatic rings. The lowest BCUT2D eigenvalue weighted by Crippen LogP contribution is -2.46. The summed E-state index contributed by atoms with van der Waals surface area (Å²) in [5.41, 5.74) is 0.